The van der Waals surface area contributed by atoms with Gasteiger partial charge in [0.2, 0.25) is 11.8 Å². The van der Waals surface area contributed by atoms with E-state index in [1.807, 2.05) is 31.2 Å². The number of benzene rings is 2. The topological polar surface area (TPSA) is 58.6 Å². The minimum Gasteiger partial charge on any atom is -0.497 e. The molecule has 0 radical (unpaired) electrons. The Labute approximate surface area is 186 Å². The summed E-state index contributed by atoms with van der Waals surface area (Å²) in [5.74, 6) is 0.687. The van der Waals surface area contributed by atoms with Crippen molar-refractivity contribution >= 4 is 11.8 Å². The number of hydrogen-bond donors (Lipinski definition) is 1. The molecule has 0 spiro atoms. The van der Waals surface area contributed by atoms with Gasteiger partial charge in [-0.3, -0.25) is 9.59 Å². The van der Waals surface area contributed by atoms with E-state index >= 15 is 0 Å². The smallest absolute Gasteiger partial charge is 0.242 e. The Bertz CT molecular complexity index is 816. The molecule has 2 aromatic rings. The monoisotopic (exact) mass is 424 g/mol. The highest BCUT2D eigenvalue weighted by molar-refractivity contribution is 5.87. The second kappa shape index (κ2) is 12.8. The largest absolute Gasteiger partial charge is 0.497 e. The summed E-state index contributed by atoms with van der Waals surface area (Å²) >= 11 is 0. The minimum absolute atomic E-state index is 0.00566. The Morgan fingerprint density at radius 1 is 1.00 bits per heavy atom. The molecule has 0 unspecified atom stereocenters. The van der Waals surface area contributed by atoms with Crippen LogP contribution in [0.25, 0.3) is 0 Å². The van der Waals surface area contributed by atoms with Gasteiger partial charge in [-0.15, -0.1) is 0 Å². The quantitative estimate of drug-likeness (QED) is 0.504. The molecule has 0 bridgehead atoms. The summed E-state index contributed by atoms with van der Waals surface area (Å²) in [7, 11) is 1.63. The molecule has 0 saturated carbocycles. The Kier molecular flexibility index (Phi) is 10.1. The van der Waals surface area contributed by atoms with Gasteiger partial charge in [0.1, 0.15) is 11.8 Å². The fourth-order valence-corrected chi connectivity index (χ4v) is 3.50. The van der Waals surface area contributed by atoms with Crippen LogP contribution < -0.4 is 10.1 Å². The zero-order chi connectivity index (χ0) is 22.6. The van der Waals surface area contributed by atoms with Crippen molar-refractivity contribution in [1.29, 1.82) is 0 Å². The van der Waals surface area contributed by atoms with Crippen LogP contribution in [0, 0.1) is 6.92 Å². The van der Waals surface area contributed by atoms with E-state index in [0.717, 1.165) is 29.7 Å². The average molecular weight is 425 g/mol. The van der Waals surface area contributed by atoms with E-state index in [9.17, 15) is 9.59 Å². The molecule has 1 N–H and O–H groups in total. The van der Waals surface area contributed by atoms with Crippen molar-refractivity contribution in [2.75, 3.05) is 13.7 Å². The third-order valence-corrected chi connectivity index (χ3v) is 5.48. The Hall–Kier alpha value is -2.82. The molecule has 2 aromatic carbocycles. The van der Waals surface area contributed by atoms with E-state index in [-0.39, 0.29) is 11.8 Å². The highest BCUT2D eigenvalue weighted by atomic mass is 16.5. The van der Waals surface area contributed by atoms with Crippen LogP contribution in [0.1, 0.15) is 56.2 Å². The molecule has 2 amide bonds. The maximum Gasteiger partial charge on any atom is 0.242 e. The van der Waals surface area contributed by atoms with E-state index in [2.05, 4.69) is 43.4 Å². The van der Waals surface area contributed by atoms with E-state index in [0.29, 0.717) is 32.4 Å². The van der Waals surface area contributed by atoms with E-state index in [4.69, 9.17) is 4.74 Å². The van der Waals surface area contributed by atoms with Crippen LogP contribution in [0.5, 0.6) is 5.75 Å². The molecule has 31 heavy (non-hydrogen) atoms. The molecule has 0 aromatic heterocycles. The Morgan fingerprint density at radius 2 is 1.65 bits per heavy atom. The third-order valence-electron chi connectivity index (χ3n) is 5.48. The summed E-state index contributed by atoms with van der Waals surface area (Å²) < 4.78 is 5.23. The van der Waals surface area contributed by atoms with Gasteiger partial charge in [-0.2, -0.15) is 0 Å². The van der Waals surface area contributed by atoms with Gasteiger partial charge in [-0.05, 0) is 49.4 Å². The SMILES string of the molecule is CCCCNC(=O)[C@@H](CC)N(Cc1ccc(OC)cc1)C(=O)CCc1ccc(C)cc1. The van der Waals surface area contributed by atoms with Crippen molar-refractivity contribution in [3.63, 3.8) is 0 Å². The lowest BCUT2D eigenvalue weighted by molar-refractivity contribution is -0.141. The first-order valence-electron chi connectivity index (χ1n) is 11.2. The average Bonchev–Trinajstić information content (AvgIpc) is 2.79. The van der Waals surface area contributed by atoms with Gasteiger partial charge in [-0.1, -0.05) is 62.2 Å². The number of hydrogen-bond acceptors (Lipinski definition) is 3. The van der Waals surface area contributed by atoms with Crippen LogP contribution in [0.2, 0.25) is 0 Å². The van der Waals surface area contributed by atoms with Crippen molar-refractivity contribution in [1.82, 2.24) is 10.2 Å². The number of amides is 2. The molecule has 1 atom stereocenters. The highest BCUT2D eigenvalue weighted by Crippen LogP contribution is 2.18. The van der Waals surface area contributed by atoms with Crippen LogP contribution in [0.4, 0.5) is 0 Å². The van der Waals surface area contributed by atoms with E-state index in [1.54, 1.807) is 12.0 Å². The number of nitrogens with zero attached hydrogens (tertiary/aromatic N) is 1. The standard InChI is InChI=1S/C26H36N2O3/c1-5-7-18-27-26(30)24(6-2)28(19-22-12-15-23(31-4)16-13-22)25(29)17-14-21-10-8-20(3)9-11-21/h8-13,15-16,24H,5-7,14,17-19H2,1-4H3,(H,27,30)/t24-/m1/s1. The van der Waals surface area contributed by atoms with Crippen molar-refractivity contribution in [2.24, 2.45) is 0 Å². The fraction of sp³-hybridized carbons (Fsp3) is 0.462. The van der Waals surface area contributed by atoms with E-state index in [1.165, 1.54) is 5.56 Å². The molecular formula is C26H36N2O3. The first-order valence-corrected chi connectivity index (χ1v) is 11.2. The summed E-state index contributed by atoms with van der Waals surface area (Å²) in [4.78, 5) is 27.9. The fourth-order valence-electron chi connectivity index (χ4n) is 3.50. The normalized spacial score (nSPS) is 11.6. The van der Waals surface area contributed by atoms with Gasteiger partial charge in [-0.25, -0.2) is 0 Å². The van der Waals surface area contributed by atoms with E-state index < -0.39 is 6.04 Å². The minimum atomic E-state index is -0.482. The molecule has 0 aliphatic heterocycles. The summed E-state index contributed by atoms with van der Waals surface area (Å²) in [5, 5.41) is 3.00. The number of unbranched alkanes of at least 4 members (excludes halogenated alkanes) is 1. The van der Waals surface area contributed by atoms with Crippen molar-refractivity contribution in [3.8, 4) is 5.75 Å². The molecule has 2 rings (SSSR count). The van der Waals surface area contributed by atoms with Crippen molar-refractivity contribution in [3.05, 3.63) is 65.2 Å². The summed E-state index contributed by atoms with van der Waals surface area (Å²) in [5.41, 5.74) is 3.30. The van der Waals surface area contributed by atoms with Gasteiger partial charge in [0.25, 0.3) is 0 Å². The predicted molar refractivity (Wildman–Crippen MR) is 125 cm³/mol. The van der Waals surface area contributed by atoms with Gasteiger partial charge < -0.3 is 15.0 Å². The first-order chi connectivity index (χ1) is 15.0. The summed E-state index contributed by atoms with van der Waals surface area (Å²) in [6.07, 6.45) is 3.55. The van der Waals surface area contributed by atoms with Crippen molar-refractivity contribution < 1.29 is 14.3 Å². The number of ether oxygens (including phenoxy) is 1. The number of methoxy groups -OCH3 is 1. The molecule has 5 heteroatoms. The molecule has 0 aliphatic rings. The molecule has 0 saturated heterocycles. The zero-order valence-electron chi connectivity index (χ0n) is 19.3. The molecule has 168 valence electrons. The first kappa shape index (κ1) is 24.4. The second-order valence-electron chi connectivity index (χ2n) is 7.92. The molecule has 0 aliphatic carbocycles. The van der Waals surface area contributed by atoms with Crippen LogP contribution in [-0.2, 0) is 22.6 Å². The number of carbonyl (C=O) groups excluding carboxylic acids is 2. The highest BCUT2D eigenvalue weighted by Gasteiger charge is 2.28. The van der Waals surface area contributed by atoms with Crippen LogP contribution in [0.3, 0.4) is 0 Å². The van der Waals surface area contributed by atoms with Crippen LogP contribution in [-0.4, -0.2) is 36.4 Å². The molecular weight excluding hydrogens is 388 g/mol. The Balaban J connectivity index is 2.16. The molecule has 0 fully saturated rings. The maximum atomic E-state index is 13.3. The molecule has 0 heterocycles. The second-order valence-corrected chi connectivity index (χ2v) is 7.92. The number of nitrogens with one attached hydrogen (secondary N) is 1. The zero-order valence-corrected chi connectivity index (χ0v) is 19.3. The van der Waals surface area contributed by atoms with Gasteiger partial charge in [0, 0.05) is 19.5 Å². The Morgan fingerprint density at radius 3 is 2.23 bits per heavy atom. The van der Waals surface area contributed by atoms with Crippen LogP contribution in [0.15, 0.2) is 48.5 Å². The third kappa shape index (κ3) is 7.74. The lowest BCUT2D eigenvalue weighted by Gasteiger charge is -2.31. The van der Waals surface area contributed by atoms with Gasteiger partial charge in [0.15, 0.2) is 0 Å². The molecule has 5 nitrogen and oxygen atoms in total. The number of aryl methyl sites for hydroxylation is 2. The van der Waals surface area contributed by atoms with Crippen molar-refractivity contribution in [2.45, 2.75) is 65.5 Å². The summed E-state index contributed by atoms with van der Waals surface area (Å²) in [6.45, 7) is 7.14. The van der Waals surface area contributed by atoms with Crippen LogP contribution >= 0.6 is 0 Å². The number of rotatable bonds is 12. The summed E-state index contributed by atoms with van der Waals surface area (Å²) in [6, 6.07) is 15.4. The lowest BCUT2D eigenvalue weighted by Crippen LogP contribution is -2.49. The maximum absolute atomic E-state index is 13.3. The van der Waals surface area contributed by atoms with Gasteiger partial charge >= 0.3 is 0 Å². The predicted octanol–water partition coefficient (Wildman–Crippen LogP) is 4.66. The lowest BCUT2D eigenvalue weighted by atomic mass is 10.0. The number of carbonyl (C=O) groups is 2. The van der Waals surface area contributed by atoms with Gasteiger partial charge in [0.05, 0.1) is 7.11 Å².